The van der Waals surface area contributed by atoms with Crippen molar-refractivity contribution >= 4 is 27.1 Å². The van der Waals surface area contributed by atoms with Gasteiger partial charge in [0.1, 0.15) is 5.54 Å². The van der Waals surface area contributed by atoms with Crippen LogP contribution in [0.2, 0.25) is 0 Å². The quantitative estimate of drug-likeness (QED) is 0.796. The first-order valence-electron chi connectivity index (χ1n) is 8.78. The molecule has 5 rings (SSSR count). The normalized spacial score (nSPS) is 28.8. The number of hydrogen-bond donors (Lipinski definition) is 0. The van der Waals surface area contributed by atoms with Gasteiger partial charge in [-0.15, -0.1) is 0 Å². The molecular formula is C18H20BrN5. The van der Waals surface area contributed by atoms with Gasteiger partial charge in [0, 0.05) is 42.0 Å². The number of hydrogen-bond acceptors (Lipinski definition) is 4. The van der Waals surface area contributed by atoms with Crippen molar-refractivity contribution in [3.63, 3.8) is 0 Å². The third-order valence-electron chi connectivity index (χ3n) is 6.16. The summed E-state index contributed by atoms with van der Waals surface area (Å²) in [5.41, 5.74) is 2.24. The van der Waals surface area contributed by atoms with Gasteiger partial charge in [0.15, 0.2) is 0 Å². The van der Waals surface area contributed by atoms with Gasteiger partial charge in [-0.25, -0.2) is 4.52 Å². The average Bonchev–Trinajstić information content (AvgIpc) is 3.03. The molecule has 2 aromatic rings. The van der Waals surface area contributed by atoms with Crippen molar-refractivity contribution in [3.05, 3.63) is 29.0 Å². The van der Waals surface area contributed by atoms with E-state index in [1.54, 1.807) is 0 Å². The number of anilines is 1. The zero-order valence-electron chi connectivity index (χ0n) is 13.5. The van der Waals surface area contributed by atoms with Crippen molar-refractivity contribution < 1.29 is 0 Å². The first-order valence-corrected chi connectivity index (χ1v) is 9.57. The second-order valence-corrected chi connectivity index (χ2v) is 8.31. The van der Waals surface area contributed by atoms with Gasteiger partial charge in [-0.3, -0.25) is 4.90 Å². The molecule has 3 aliphatic rings. The molecule has 2 aromatic heterocycles. The van der Waals surface area contributed by atoms with Crippen LogP contribution in [0.3, 0.4) is 0 Å². The molecule has 0 amide bonds. The van der Waals surface area contributed by atoms with E-state index in [-0.39, 0.29) is 5.54 Å². The Labute approximate surface area is 150 Å². The molecule has 1 aliphatic carbocycles. The van der Waals surface area contributed by atoms with Crippen LogP contribution in [0.1, 0.15) is 32.1 Å². The number of nitriles is 1. The van der Waals surface area contributed by atoms with E-state index < -0.39 is 0 Å². The van der Waals surface area contributed by atoms with Crippen molar-refractivity contribution in [2.45, 2.75) is 49.7 Å². The van der Waals surface area contributed by atoms with Crippen LogP contribution in [0.15, 0.2) is 29.0 Å². The lowest BCUT2D eigenvalue weighted by atomic mass is 9.75. The van der Waals surface area contributed by atoms with Gasteiger partial charge in [-0.2, -0.15) is 10.4 Å². The summed E-state index contributed by atoms with van der Waals surface area (Å²) in [7, 11) is 0. The first-order chi connectivity index (χ1) is 11.7. The Kier molecular flexibility index (Phi) is 3.20. The van der Waals surface area contributed by atoms with Crippen LogP contribution in [0.4, 0.5) is 5.69 Å². The number of rotatable bonds is 2. The van der Waals surface area contributed by atoms with Gasteiger partial charge in [0.25, 0.3) is 0 Å². The maximum atomic E-state index is 9.76. The predicted molar refractivity (Wildman–Crippen MR) is 95.9 cm³/mol. The van der Waals surface area contributed by atoms with Crippen LogP contribution < -0.4 is 4.90 Å². The largest absolute Gasteiger partial charge is 0.367 e. The zero-order valence-corrected chi connectivity index (χ0v) is 15.1. The van der Waals surface area contributed by atoms with E-state index in [9.17, 15) is 5.26 Å². The van der Waals surface area contributed by atoms with Crippen LogP contribution in [0, 0.1) is 11.3 Å². The van der Waals surface area contributed by atoms with Crippen molar-refractivity contribution in [2.24, 2.45) is 0 Å². The molecule has 3 fully saturated rings. The van der Waals surface area contributed by atoms with Crippen molar-refractivity contribution in [1.29, 1.82) is 5.26 Å². The Bertz CT molecular complexity index is 820. The molecule has 1 saturated carbocycles. The van der Waals surface area contributed by atoms with Crippen molar-refractivity contribution in [1.82, 2.24) is 14.5 Å². The molecule has 2 bridgehead atoms. The number of halogens is 1. The van der Waals surface area contributed by atoms with Gasteiger partial charge in [0.05, 0.1) is 17.3 Å². The summed E-state index contributed by atoms with van der Waals surface area (Å²) < 4.78 is 3.00. The minimum Gasteiger partial charge on any atom is -0.367 e. The third kappa shape index (κ3) is 1.98. The summed E-state index contributed by atoms with van der Waals surface area (Å²) in [6, 6.07) is 7.94. The Morgan fingerprint density at radius 3 is 2.62 bits per heavy atom. The van der Waals surface area contributed by atoms with E-state index in [0.717, 1.165) is 35.9 Å². The van der Waals surface area contributed by atoms with Gasteiger partial charge in [-0.1, -0.05) is 0 Å². The summed E-state index contributed by atoms with van der Waals surface area (Å²) >= 11 is 3.56. The topological polar surface area (TPSA) is 47.6 Å². The fourth-order valence-corrected chi connectivity index (χ4v) is 5.38. The minimum absolute atomic E-state index is 0.163. The Balaban J connectivity index is 1.48. The van der Waals surface area contributed by atoms with E-state index >= 15 is 0 Å². The standard InChI is InChI=1S/C18H20BrN5/c19-13-8-17-16(4-7-21-23(17)9-13)22-10-14-2-3-15(11-22)24(14)18(12-20)5-1-6-18/h4,7-9,14-15H,1-3,5-6,10-11H2. The highest BCUT2D eigenvalue weighted by Crippen LogP contribution is 2.46. The molecule has 2 atom stereocenters. The van der Waals surface area contributed by atoms with E-state index in [2.05, 4.69) is 49.0 Å². The fourth-order valence-electron chi connectivity index (χ4n) is 4.97. The second-order valence-electron chi connectivity index (χ2n) is 7.40. The summed E-state index contributed by atoms with van der Waals surface area (Å²) in [6.45, 7) is 2.03. The summed E-state index contributed by atoms with van der Waals surface area (Å²) in [4.78, 5) is 5.09. The summed E-state index contributed by atoms with van der Waals surface area (Å²) in [5.74, 6) is 0. The highest BCUT2D eigenvalue weighted by molar-refractivity contribution is 9.10. The molecule has 0 spiro atoms. The highest BCUT2D eigenvalue weighted by Gasteiger charge is 2.53. The van der Waals surface area contributed by atoms with Crippen molar-refractivity contribution in [2.75, 3.05) is 18.0 Å². The van der Waals surface area contributed by atoms with Crippen LogP contribution in [0.5, 0.6) is 0 Å². The molecule has 5 nitrogen and oxygen atoms in total. The SMILES string of the molecule is N#CC1(N2C3CCC2CN(c2ccnn4cc(Br)cc24)C3)CCC1. The lowest BCUT2D eigenvalue weighted by Gasteiger charge is -2.53. The summed E-state index contributed by atoms with van der Waals surface area (Å²) in [5, 5.41) is 14.2. The monoisotopic (exact) mass is 385 g/mol. The van der Waals surface area contributed by atoms with E-state index in [1.807, 2.05) is 16.9 Å². The number of piperazine rings is 1. The van der Waals surface area contributed by atoms with Crippen LogP contribution in [-0.4, -0.2) is 45.2 Å². The molecule has 0 aromatic carbocycles. The van der Waals surface area contributed by atoms with Gasteiger partial charge in [0.2, 0.25) is 0 Å². The summed E-state index contributed by atoms with van der Waals surface area (Å²) in [6.07, 6.45) is 9.64. The van der Waals surface area contributed by atoms with Crippen LogP contribution in [-0.2, 0) is 0 Å². The molecule has 124 valence electrons. The molecule has 24 heavy (non-hydrogen) atoms. The van der Waals surface area contributed by atoms with E-state index in [0.29, 0.717) is 12.1 Å². The molecule has 2 aliphatic heterocycles. The zero-order chi connectivity index (χ0) is 16.3. The minimum atomic E-state index is -0.163. The average molecular weight is 386 g/mol. The molecule has 6 heteroatoms. The van der Waals surface area contributed by atoms with Gasteiger partial charge >= 0.3 is 0 Å². The van der Waals surface area contributed by atoms with Gasteiger partial charge in [-0.05, 0) is 60.2 Å². The molecule has 2 unspecified atom stereocenters. The number of nitrogens with zero attached hydrogens (tertiary/aromatic N) is 5. The Hall–Kier alpha value is -1.58. The number of fused-ring (bicyclic) bond motifs is 3. The van der Waals surface area contributed by atoms with Crippen molar-refractivity contribution in [3.8, 4) is 6.07 Å². The molecule has 2 saturated heterocycles. The molecule has 4 heterocycles. The molecule has 0 radical (unpaired) electrons. The smallest absolute Gasteiger partial charge is 0.109 e. The highest BCUT2D eigenvalue weighted by atomic mass is 79.9. The second kappa shape index (κ2) is 5.21. The third-order valence-corrected chi connectivity index (χ3v) is 6.59. The first kappa shape index (κ1) is 14.7. The lowest BCUT2D eigenvalue weighted by Crippen LogP contribution is -2.64. The van der Waals surface area contributed by atoms with Crippen LogP contribution in [0.25, 0.3) is 5.52 Å². The predicted octanol–water partition coefficient (Wildman–Crippen LogP) is 3.20. The lowest BCUT2D eigenvalue weighted by molar-refractivity contribution is 0.0113. The molecular weight excluding hydrogens is 366 g/mol. The Morgan fingerprint density at radius 2 is 2.00 bits per heavy atom. The van der Waals surface area contributed by atoms with Crippen LogP contribution >= 0.6 is 15.9 Å². The Morgan fingerprint density at radius 1 is 1.25 bits per heavy atom. The molecule has 0 N–H and O–H groups in total. The van der Waals surface area contributed by atoms with E-state index in [1.165, 1.54) is 24.9 Å². The maximum absolute atomic E-state index is 9.76. The maximum Gasteiger partial charge on any atom is 0.109 e. The number of aromatic nitrogens is 2. The van der Waals surface area contributed by atoms with E-state index in [4.69, 9.17) is 0 Å². The van der Waals surface area contributed by atoms with Gasteiger partial charge < -0.3 is 4.90 Å². The fraction of sp³-hybridized carbons (Fsp3) is 0.556.